The maximum Gasteiger partial charge on any atom is 0.272 e. The first kappa shape index (κ1) is 18.3. The van der Waals surface area contributed by atoms with Gasteiger partial charge in [0.1, 0.15) is 5.69 Å². The lowest BCUT2D eigenvalue weighted by atomic mass is 10.1. The van der Waals surface area contributed by atoms with Gasteiger partial charge in [-0.25, -0.2) is 0 Å². The van der Waals surface area contributed by atoms with Gasteiger partial charge >= 0.3 is 0 Å². The Morgan fingerprint density at radius 1 is 1.07 bits per heavy atom. The van der Waals surface area contributed by atoms with Gasteiger partial charge in [-0.15, -0.1) is 0 Å². The summed E-state index contributed by atoms with van der Waals surface area (Å²) in [6.45, 7) is 1.35. The topological polar surface area (TPSA) is 67.2 Å². The van der Waals surface area contributed by atoms with Crippen molar-refractivity contribution in [1.29, 1.82) is 0 Å². The Hall–Kier alpha value is -3.12. The molecule has 0 aliphatic carbocycles. The van der Waals surface area contributed by atoms with E-state index in [0.29, 0.717) is 30.4 Å². The Morgan fingerprint density at radius 2 is 1.82 bits per heavy atom. The summed E-state index contributed by atoms with van der Waals surface area (Å²) in [6, 6.07) is 18.9. The molecule has 0 saturated heterocycles. The third kappa shape index (κ3) is 3.77. The highest BCUT2D eigenvalue weighted by Gasteiger charge is 2.28. The van der Waals surface area contributed by atoms with E-state index in [2.05, 4.69) is 10.4 Å². The van der Waals surface area contributed by atoms with Crippen LogP contribution in [0.25, 0.3) is 11.3 Å². The Labute approximate surface area is 167 Å². The molecule has 2 heterocycles. The van der Waals surface area contributed by atoms with Crippen LogP contribution < -0.4 is 5.32 Å². The molecule has 2 amide bonds. The van der Waals surface area contributed by atoms with Crippen LogP contribution >= 0.6 is 11.6 Å². The number of benzene rings is 2. The van der Waals surface area contributed by atoms with Crippen LogP contribution in [0.1, 0.15) is 16.1 Å². The molecule has 1 aliphatic heterocycles. The number of nitrogens with one attached hydrogen (secondary N) is 1. The van der Waals surface area contributed by atoms with Crippen molar-refractivity contribution >= 4 is 23.4 Å². The zero-order chi connectivity index (χ0) is 19.5. The van der Waals surface area contributed by atoms with Crippen LogP contribution in [-0.2, 0) is 17.9 Å². The number of halogens is 1. The monoisotopic (exact) mass is 394 g/mol. The molecule has 6 nitrogen and oxygen atoms in total. The number of carbonyl (C=O) groups is 2. The van der Waals surface area contributed by atoms with Crippen molar-refractivity contribution in [2.45, 2.75) is 13.1 Å². The first-order valence-corrected chi connectivity index (χ1v) is 9.42. The summed E-state index contributed by atoms with van der Waals surface area (Å²) >= 11 is 6.11. The third-order valence-corrected chi connectivity index (χ3v) is 5.07. The first-order valence-electron chi connectivity index (χ1n) is 9.04. The van der Waals surface area contributed by atoms with Crippen molar-refractivity contribution in [2.75, 3.05) is 13.1 Å². The molecule has 1 aromatic heterocycles. The predicted octanol–water partition coefficient (Wildman–Crippen LogP) is 2.98. The number of rotatable bonds is 5. The van der Waals surface area contributed by atoms with Crippen molar-refractivity contribution in [3.63, 3.8) is 0 Å². The fourth-order valence-corrected chi connectivity index (χ4v) is 3.41. The largest absolute Gasteiger partial charge is 0.350 e. The molecule has 0 saturated carbocycles. The zero-order valence-electron chi connectivity index (χ0n) is 15.1. The van der Waals surface area contributed by atoms with Crippen LogP contribution in [0.5, 0.6) is 0 Å². The molecule has 142 valence electrons. The summed E-state index contributed by atoms with van der Waals surface area (Å²) in [5.41, 5.74) is 3.06. The van der Waals surface area contributed by atoms with Crippen molar-refractivity contribution < 1.29 is 9.59 Å². The van der Waals surface area contributed by atoms with Crippen molar-refractivity contribution in [3.05, 3.63) is 76.9 Å². The highest BCUT2D eigenvalue weighted by atomic mass is 35.5. The molecule has 7 heteroatoms. The normalized spacial score (nSPS) is 13.3. The van der Waals surface area contributed by atoms with Gasteiger partial charge in [-0.3, -0.25) is 14.3 Å². The summed E-state index contributed by atoms with van der Waals surface area (Å²) < 4.78 is 1.71. The number of carbonyl (C=O) groups excluding carboxylic acids is 2. The second kappa shape index (κ2) is 7.86. The number of fused-ring (bicyclic) bond motifs is 1. The van der Waals surface area contributed by atoms with Crippen molar-refractivity contribution in [2.24, 2.45) is 0 Å². The molecule has 2 aromatic carbocycles. The highest BCUT2D eigenvalue weighted by Crippen LogP contribution is 2.22. The summed E-state index contributed by atoms with van der Waals surface area (Å²) in [4.78, 5) is 26.6. The molecule has 0 unspecified atom stereocenters. The van der Waals surface area contributed by atoms with E-state index in [-0.39, 0.29) is 18.4 Å². The van der Waals surface area contributed by atoms with Crippen LogP contribution in [-0.4, -0.2) is 39.6 Å². The maximum atomic E-state index is 12.8. The molecular formula is C21H19ClN4O2. The minimum atomic E-state index is -0.218. The van der Waals surface area contributed by atoms with Gasteiger partial charge in [-0.1, -0.05) is 60.1 Å². The molecule has 1 N–H and O–H groups in total. The molecule has 0 bridgehead atoms. The van der Waals surface area contributed by atoms with Gasteiger partial charge in [0.25, 0.3) is 5.91 Å². The summed E-state index contributed by atoms with van der Waals surface area (Å²) in [5.74, 6) is -0.404. The van der Waals surface area contributed by atoms with Crippen LogP contribution in [0.3, 0.4) is 0 Å². The van der Waals surface area contributed by atoms with Crippen molar-refractivity contribution in [1.82, 2.24) is 20.0 Å². The second-order valence-electron chi connectivity index (χ2n) is 6.60. The Kier molecular flexibility index (Phi) is 5.12. The molecular weight excluding hydrogens is 376 g/mol. The molecule has 28 heavy (non-hydrogen) atoms. The smallest absolute Gasteiger partial charge is 0.272 e. The number of hydrogen-bond donors (Lipinski definition) is 1. The van der Waals surface area contributed by atoms with E-state index in [1.165, 1.54) is 0 Å². The molecule has 1 aliphatic rings. The van der Waals surface area contributed by atoms with Gasteiger partial charge < -0.3 is 10.2 Å². The van der Waals surface area contributed by atoms with E-state index < -0.39 is 0 Å². The SMILES string of the molecule is O=C(CN1CCn2nc(-c3ccccc3)cc2C1=O)NCc1ccccc1Cl. The van der Waals surface area contributed by atoms with E-state index in [1.54, 1.807) is 21.7 Å². The fourth-order valence-electron chi connectivity index (χ4n) is 3.20. The van der Waals surface area contributed by atoms with Gasteiger partial charge in [0.2, 0.25) is 5.91 Å². The van der Waals surface area contributed by atoms with Crippen LogP contribution in [0.2, 0.25) is 5.02 Å². The second-order valence-corrected chi connectivity index (χ2v) is 7.01. The Bertz CT molecular complexity index is 1020. The van der Waals surface area contributed by atoms with Crippen LogP contribution in [0, 0.1) is 0 Å². The Morgan fingerprint density at radius 3 is 2.61 bits per heavy atom. The zero-order valence-corrected chi connectivity index (χ0v) is 15.9. The predicted molar refractivity (Wildman–Crippen MR) is 107 cm³/mol. The Balaban J connectivity index is 1.41. The molecule has 0 fully saturated rings. The van der Waals surface area contributed by atoms with E-state index in [0.717, 1.165) is 16.8 Å². The number of hydrogen-bond acceptors (Lipinski definition) is 3. The van der Waals surface area contributed by atoms with Crippen molar-refractivity contribution in [3.8, 4) is 11.3 Å². The minimum absolute atomic E-state index is 0.00906. The van der Waals surface area contributed by atoms with E-state index in [4.69, 9.17) is 11.6 Å². The fraction of sp³-hybridized carbons (Fsp3) is 0.190. The van der Waals surface area contributed by atoms with Gasteiger partial charge in [0.05, 0.1) is 18.8 Å². The summed E-state index contributed by atoms with van der Waals surface area (Å²) in [5, 5.41) is 7.95. The minimum Gasteiger partial charge on any atom is -0.350 e. The van der Waals surface area contributed by atoms with E-state index >= 15 is 0 Å². The third-order valence-electron chi connectivity index (χ3n) is 4.71. The van der Waals surface area contributed by atoms with Gasteiger partial charge in [-0.05, 0) is 17.7 Å². The average Bonchev–Trinajstić information content (AvgIpc) is 3.15. The van der Waals surface area contributed by atoms with Crippen LogP contribution in [0.4, 0.5) is 0 Å². The van der Waals surface area contributed by atoms with Gasteiger partial charge in [-0.2, -0.15) is 5.10 Å². The first-order chi connectivity index (χ1) is 13.6. The highest BCUT2D eigenvalue weighted by molar-refractivity contribution is 6.31. The van der Waals surface area contributed by atoms with E-state index in [1.807, 2.05) is 48.5 Å². The lowest BCUT2D eigenvalue weighted by molar-refractivity contribution is -0.122. The average molecular weight is 395 g/mol. The number of aromatic nitrogens is 2. The summed E-state index contributed by atoms with van der Waals surface area (Å²) in [7, 11) is 0. The van der Waals surface area contributed by atoms with Gasteiger partial charge in [0.15, 0.2) is 0 Å². The maximum absolute atomic E-state index is 12.8. The lowest BCUT2D eigenvalue weighted by Crippen LogP contribution is -2.45. The molecule has 0 atom stereocenters. The number of amides is 2. The molecule has 0 radical (unpaired) electrons. The van der Waals surface area contributed by atoms with Gasteiger partial charge in [0, 0.05) is 23.7 Å². The summed E-state index contributed by atoms with van der Waals surface area (Å²) in [6.07, 6.45) is 0. The van der Waals surface area contributed by atoms with Crippen LogP contribution in [0.15, 0.2) is 60.7 Å². The molecule has 0 spiro atoms. The number of nitrogens with zero attached hydrogens (tertiary/aromatic N) is 3. The van der Waals surface area contributed by atoms with E-state index in [9.17, 15) is 9.59 Å². The standard InChI is InChI=1S/C21H19ClN4O2/c22-17-9-5-4-8-16(17)13-23-20(27)14-25-10-11-26-19(21(25)28)12-18(24-26)15-6-2-1-3-7-15/h1-9,12H,10-11,13-14H2,(H,23,27). The molecule has 4 rings (SSSR count). The quantitative estimate of drug-likeness (QED) is 0.723. The lowest BCUT2D eigenvalue weighted by Gasteiger charge is -2.26. The molecule has 3 aromatic rings.